The fraction of sp³-hybridized carbons (Fsp3) is 0.360. The number of halogens is 2. The molecule has 9 nitrogen and oxygen atoms in total. The van der Waals surface area contributed by atoms with E-state index in [2.05, 4.69) is 25.1 Å². The summed E-state index contributed by atoms with van der Waals surface area (Å²) in [5.74, 6) is -1.59. The molecule has 5 heterocycles. The van der Waals surface area contributed by atoms with Gasteiger partial charge < -0.3 is 19.1 Å². The number of piperidine rings is 1. The number of pyridine rings is 1. The molecule has 0 bridgehead atoms. The van der Waals surface area contributed by atoms with Gasteiger partial charge in [0.1, 0.15) is 5.65 Å². The van der Waals surface area contributed by atoms with E-state index in [0.29, 0.717) is 36.2 Å². The molecule has 0 radical (unpaired) electrons. The Labute approximate surface area is 205 Å². The second-order valence-electron chi connectivity index (χ2n) is 9.10. The van der Waals surface area contributed by atoms with E-state index in [-0.39, 0.29) is 31.8 Å². The first-order valence-electron chi connectivity index (χ1n) is 12.0. The highest BCUT2D eigenvalue weighted by atomic mass is 19.3. The van der Waals surface area contributed by atoms with Crippen LogP contribution in [0.4, 0.5) is 14.7 Å². The van der Waals surface area contributed by atoms with Crippen LogP contribution in [0.2, 0.25) is 0 Å². The number of rotatable bonds is 4. The maximum atomic E-state index is 13.4. The molecule has 1 N–H and O–H groups in total. The van der Waals surface area contributed by atoms with E-state index >= 15 is 0 Å². The Hall–Kier alpha value is -3.86. The summed E-state index contributed by atoms with van der Waals surface area (Å²) < 4.78 is 34.2. The Morgan fingerprint density at radius 1 is 1.03 bits per heavy atom. The van der Waals surface area contributed by atoms with Crippen LogP contribution in [-0.4, -0.2) is 80.9 Å². The molecule has 2 fully saturated rings. The van der Waals surface area contributed by atoms with E-state index in [1.165, 1.54) is 11.1 Å². The summed E-state index contributed by atoms with van der Waals surface area (Å²) in [6, 6.07) is 11.5. The number of H-pyrrole nitrogens is 1. The van der Waals surface area contributed by atoms with E-state index in [0.717, 1.165) is 29.7 Å². The maximum absolute atomic E-state index is 13.4. The Kier molecular flexibility index (Phi) is 5.63. The van der Waals surface area contributed by atoms with Crippen molar-refractivity contribution in [3.05, 3.63) is 54.4 Å². The lowest BCUT2D eigenvalue weighted by Crippen LogP contribution is -2.42. The minimum absolute atomic E-state index is 0.0519. The van der Waals surface area contributed by atoms with Crippen LogP contribution in [0.3, 0.4) is 0 Å². The minimum Gasteiger partial charge on any atom is -0.378 e. The second kappa shape index (κ2) is 8.98. The third-order valence-electron chi connectivity index (χ3n) is 6.74. The molecule has 0 unspecified atom stereocenters. The van der Waals surface area contributed by atoms with Crippen LogP contribution < -0.4 is 4.90 Å². The molecule has 0 spiro atoms. The van der Waals surface area contributed by atoms with Gasteiger partial charge in [-0.3, -0.25) is 9.89 Å². The highest BCUT2D eigenvalue weighted by Crippen LogP contribution is 2.29. The minimum atomic E-state index is -2.69. The van der Waals surface area contributed by atoms with Crippen molar-refractivity contribution in [1.29, 1.82) is 0 Å². The summed E-state index contributed by atoms with van der Waals surface area (Å²) in [5.41, 5.74) is 2.93. The van der Waals surface area contributed by atoms with Crippen molar-refractivity contribution >= 4 is 22.9 Å². The summed E-state index contributed by atoms with van der Waals surface area (Å²) in [4.78, 5) is 25.5. The molecule has 0 atom stereocenters. The number of anilines is 1. The van der Waals surface area contributed by atoms with Crippen LogP contribution in [0.1, 0.15) is 23.2 Å². The van der Waals surface area contributed by atoms with E-state index in [4.69, 9.17) is 4.74 Å². The molecule has 6 rings (SSSR count). The predicted octanol–water partition coefficient (Wildman–Crippen LogP) is 3.52. The molecule has 36 heavy (non-hydrogen) atoms. The first-order chi connectivity index (χ1) is 17.5. The Balaban J connectivity index is 1.19. The number of amides is 1. The van der Waals surface area contributed by atoms with Gasteiger partial charge in [0.25, 0.3) is 11.8 Å². The van der Waals surface area contributed by atoms with Crippen LogP contribution in [0.25, 0.3) is 28.1 Å². The van der Waals surface area contributed by atoms with Crippen LogP contribution in [-0.2, 0) is 4.74 Å². The number of alkyl halides is 2. The molecule has 2 aliphatic rings. The molecule has 3 aromatic heterocycles. The number of ether oxygens (including phenoxy) is 1. The molecular formula is C25H25F2N7O2. The third-order valence-corrected chi connectivity index (χ3v) is 6.74. The lowest BCUT2D eigenvalue weighted by Gasteiger charge is -2.31. The number of fused-ring (bicyclic) bond motifs is 1. The number of hydrogen-bond acceptors (Lipinski definition) is 6. The number of nitrogens with zero attached hydrogens (tertiary/aromatic N) is 6. The molecule has 0 saturated carbocycles. The molecular weight excluding hydrogens is 468 g/mol. The van der Waals surface area contributed by atoms with Crippen molar-refractivity contribution in [3.63, 3.8) is 0 Å². The molecule has 0 aliphatic carbocycles. The monoisotopic (exact) mass is 493 g/mol. The summed E-state index contributed by atoms with van der Waals surface area (Å²) in [7, 11) is 0. The number of aromatic amines is 1. The number of hydrogen-bond donors (Lipinski definition) is 1. The fourth-order valence-corrected chi connectivity index (χ4v) is 4.64. The van der Waals surface area contributed by atoms with Crippen molar-refractivity contribution in [3.8, 4) is 17.1 Å². The number of benzene rings is 1. The molecule has 2 saturated heterocycles. The van der Waals surface area contributed by atoms with E-state index in [1.54, 1.807) is 6.07 Å². The SMILES string of the molecule is O=C(c1cnc2c(ccn2-c2ccc(-c3nc(N4CCOCC4)n[nH]3)cc2)c1)N1CCC(F)(F)CC1. The number of morpholine rings is 1. The van der Waals surface area contributed by atoms with Gasteiger partial charge >= 0.3 is 0 Å². The first-order valence-corrected chi connectivity index (χ1v) is 12.0. The van der Waals surface area contributed by atoms with Crippen molar-refractivity contribution < 1.29 is 18.3 Å². The average molecular weight is 494 g/mol. The molecule has 4 aromatic rings. The summed E-state index contributed by atoms with van der Waals surface area (Å²) in [5, 5.41) is 8.16. The van der Waals surface area contributed by atoms with Crippen LogP contribution in [0.5, 0.6) is 0 Å². The zero-order valence-electron chi connectivity index (χ0n) is 19.5. The van der Waals surface area contributed by atoms with Crippen molar-refractivity contribution in [1.82, 2.24) is 29.6 Å². The van der Waals surface area contributed by atoms with Gasteiger partial charge in [0.05, 0.1) is 18.8 Å². The van der Waals surface area contributed by atoms with Crippen LogP contribution >= 0.6 is 0 Å². The highest BCUT2D eigenvalue weighted by molar-refractivity contribution is 5.97. The Morgan fingerprint density at radius 3 is 2.53 bits per heavy atom. The second-order valence-corrected chi connectivity index (χ2v) is 9.10. The topological polar surface area (TPSA) is 92.2 Å². The Bertz CT molecular complexity index is 1380. The summed E-state index contributed by atoms with van der Waals surface area (Å²) >= 11 is 0. The zero-order chi connectivity index (χ0) is 24.7. The molecule has 1 amide bonds. The smallest absolute Gasteiger partial charge is 0.255 e. The van der Waals surface area contributed by atoms with Gasteiger partial charge in [-0.25, -0.2) is 13.8 Å². The molecule has 186 valence electrons. The number of nitrogens with one attached hydrogen (secondary N) is 1. The van der Waals surface area contributed by atoms with Crippen LogP contribution in [0, 0.1) is 0 Å². The number of carbonyl (C=O) groups is 1. The Morgan fingerprint density at radius 2 is 1.78 bits per heavy atom. The molecule has 2 aliphatic heterocycles. The normalized spacial score (nSPS) is 18.1. The van der Waals surface area contributed by atoms with Crippen LogP contribution in [0.15, 0.2) is 48.8 Å². The number of aromatic nitrogens is 5. The molecule has 1 aromatic carbocycles. The van der Waals surface area contributed by atoms with Gasteiger partial charge in [-0.05, 0) is 36.4 Å². The number of likely N-dealkylation sites (tertiary alicyclic amines) is 1. The van der Waals surface area contributed by atoms with E-state index in [9.17, 15) is 13.6 Å². The summed E-state index contributed by atoms with van der Waals surface area (Å²) in [6.07, 6.45) is 2.81. The van der Waals surface area contributed by atoms with Crippen molar-refractivity contribution in [2.75, 3.05) is 44.3 Å². The van der Waals surface area contributed by atoms with E-state index in [1.807, 2.05) is 41.1 Å². The lowest BCUT2D eigenvalue weighted by atomic mass is 10.1. The zero-order valence-corrected chi connectivity index (χ0v) is 19.5. The van der Waals surface area contributed by atoms with Gasteiger partial charge in [-0.15, -0.1) is 5.10 Å². The average Bonchev–Trinajstić information content (AvgIpc) is 3.56. The summed E-state index contributed by atoms with van der Waals surface area (Å²) in [6.45, 7) is 2.98. The van der Waals surface area contributed by atoms with Gasteiger partial charge in [0.15, 0.2) is 5.82 Å². The van der Waals surface area contributed by atoms with Crippen molar-refractivity contribution in [2.24, 2.45) is 0 Å². The van der Waals surface area contributed by atoms with Crippen molar-refractivity contribution in [2.45, 2.75) is 18.8 Å². The largest absolute Gasteiger partial charge is 0.378 e. The van der Waals surface area contributed by atoms with Gasteiger partial charge in [0, 0.05) is 68.1 Å². The third kappa shape index (κ3) is 4.30. The maximum Gasteiger partial charge on any atom is 0.255 e. The fourth-order valence-electron chi connectivity index (χ4n) is 4.64. The number of carbonyl (C=O) groups excluding carboxylic acids is 1. The predicted molar refractivity (Wildman–Crippen MR) is 130 cm³/mol. The van der Waals surface area contributed by atoms with E-state index < -0.39 is 5.92 Å². The van der Waals surface area contributed by atoms with Gasteiger partial charge in [0.2, 0.25) is 5.95 Å². The first kappa shape index (κ1) is 22.6. The molecule has 11 heteroatoms. The lowest BCUT2D eigenvalue weighted by molar-refractivity contribution is -0.0494. The van der Waals surface area contributed by atoms with Gasteiger partial charge in [-0.1, -0.05) is 0 Å². The van der Waals surface area contributed by atoms with Gasteiger partial charge in [-0.2, -0.15) is 4.98 Å². The quantitative estimate of drug-likeness (QED) is 0.468. The standard InChI is InChI=1S/C25H25F2N7O2/c26-25(27)6-9-32(10-7-25)23(35)19-15-18-5-8-34(22(18)28-16-19)20-3-1-17(2-4-20)21-29-24(31-30-21)33-11-13-36-14-12-33/h1-5,8,15-16H,6-7,9-14H2,(H,29,30,31). The highest BCUT2D eigenvalue weighted by Gasteiger charge is 2.35.